The van der Waals surface area contributed by atoms with E-state index in [1.165, 1.54) is 16.0 Å². The van der Waals surface area contributed by atoms with Crippen LogP contribution in [-0.2, 0) is 0 Å². The lowest BCUT2D eigenvalue weighted by atomic mass is 10.1. The molecule has 0 aliphatic heterocycles. The Hall–Kier alpha value is -3.86. The highest BCUT2D eigenvalue weighted by molar-refractivity contribution is 7.11. The molecule has 0 spiro atoms. The van der Waals surface area contributed by atoms with Crippen LogP contribution in [0, 0.1) is 6.92 Å². The summed E-state index contributed by atoms with van der Waals surface area (Å²) in [5.74, 6) is -0.481. The summed E-state index contributed by atoms with van der Waals surface area (Å²) >= 11 is 1.52. The third-order valence-electron chi connectivity index (χ3n) is 3.88. The fourth-order valence-corrected chi connectivity index (χ4v) is 3.27. The molecule has 0 radical (unpaired) electrons. The van der Waals surface area contributed by atoms with Gasteiger partial charge in [0.2, 0.25) is 11.6 Å². The summed E-state index contributed by atoms with van der Waals surface area (Å²) in [6.45, 7) is 1.96. The maximum Gasteiger partial charge on any atom is 0.292 e. The van der Waals surface area contributed by atoms with Gasteiger partial charge < -0.3 is 5.73 Å². The quantitative estimate of drug-likeness (QED) is 0.390. The van der Waals surface area contributed by atoms with E-state index in [0.29, 0.717) is 11.3 Å². The molecule has 0 atom stereocenters. The number of hydrogen-bond acceptors (Lipinski definition) is 9. The Morgan fingerprint density at radius 3 is 2.79 bits per heavy atom. The van der Waals surface area contributed by atoms with Gasteiger partial charge in [-0.3, -0.25) is 4.79 Å². The van der Waals surface area contributed by atoms with Crippen molar-refractivity contribution in [2.45, 2.75) is 6.92 Å². The number of carbonyl (C=O) groups excluding carboxylic acids is 1. The van der Waals surface area contributed by atoms with E-state index >= 15 is 0 Å². The molecular formula is C17H14N8O2S. The predicted octanol–water partition coefficient (Wildman–Crippen LogP) is 2.03. The van der Waals surface area contributed by atoms with Crippen LogP contribution < -0.4 is 11.2 Å². The van der Waals surface area contributed by atoms with Gasteiger partial charge in [0.1, 0.15) is 5.69 Å². The van der Waals surface area contributed by atoms with E-state index in [9.17, 15) is 4.79 Å². The average Bonchev–Trinajstić information content (AvgIpc) is 3.42. The smallest absolute Gasteiger partial charge is 0.292 e. The number of anilines is 1. The van der Waals surface area contributed by atoms with Crippen molar-refractivity contribution in [3.8, 4) is 17.1 Å². The number of thiophene rings is 1. The number of aryl methyl sites for hydroxylation is 1. The van der Waals surface area contributed by atoms with E-state index in [4.69, 9.17) is 5.73 Å². The van der Waals surface area contributed by atoms with Gasteiger partial charge in [-0.1, -0.05) is 35.5 Å². The molecule has 0 unspecified atom stereocenters. The highest BCUT2D eigenvalue weighted by atomic mass is 32.1. The predicted molar refractivity (Wildman–Crippen MR) is 103 cm³/mol. The van der Waals surface area contributed by atoms with Gasteiger partial charge in [-0.15, -0.1) is 16.4 Å². The summed E-state index contributed by atoms with van der Waals surface area (Å²) in [6, 6.07) is 11.1. The van der Waals surface area contributed by atoms with Crippen LogP contribution in [0.15, 0.2) is 51.5 Å². The first-order valence-electron chi connectivity index (χ1n) is 8.12. The molecule has 3 N–H and O–H groups in total. The minimum Gasteiger partial charge on any atom is -0.378 e. The summed E-state index contributed by atoms with van der Waals surface area (Å²) in [4.78, 5) is 13.8. The molecular weight excluding hydrogens is 380 g/mol. The molecule has 1 amide bonds. The normalized spacial score (nSPS) is 11.2. The number of carbonyl (C=O) groups is 1. The zero-order valence-corrected chi connectivity index (χ0v) is 15.4. The largest absolute Gasteiger partial charge is 0.378 e. The van der Waals surface area contributed by atoms with Gasteiger partial charge in [0, 0.05) is 10.4 Å². The van der Waals surface area contributed by atoms with Gasteiger partial charge in [-0.25, -0.2) is 10.1 Å². The number of nitrogens with zero attached hydrogens (tertiary/aromatic N) is 6. The highest BCUT2D eigenvalue weighted by Gasteiger charge is 2.25. The fraction of sp³-hybridized carbons (Fsp3) is 0.0588. The van der Waals surface area contributed by atoms with E-state index in [-0.39, 0.29) is 17.3 Å². The summed E-state index contributed by atoms with van der Waals surface area (Å²) < 4.78 is 5.80. The molecule has 0 fully saturated rings. The molecule has 4 rings (SSSR count). The molecule has 10 nitrogen and oxygen atoms in total. The van der Waals surface area contributed by atoms with Crippen LogP contribution in [0.5, 0.6) is 0 Å². The summed E-state index contributed by atoms with van der Waals surface area (Å²) in [6.07, 6.45) is 1.58. The number of aromatic nitrogens is 5. The lowest BCUT2D eigenvalue weighted by Crippen LogP contribution is -2.22. The Bertz CT molecular complexity index is 1150. The molecule has 0 bridgehead atoms. The molecule has 140 valence electrons. The van der Waals surface area contributed by atoms with E-state index in [1.807, 2.05) is 48.7 Å². The second kappa shape index (κ2) is 7.40. The number of nitrogens with two attached hydrogens (primary N) is 1. The van der Waals surface area contributed by atoms with Crippen molar-refractivity contribution in [1.29, 1.82) is 0 Å². The molecule has 0 aliphatic rings. The zero-order chi connectivity index (χ0) is 19.5. The summed E-state index contributed by atoms with van der Waals surface area (Å²) in [7, 11) is 0. The molecule has 1 aromatic carbocycles. The second-order valence-corrected chi connectivity index (χ2v) is 6.65. The van der Waals surface area contributed by atoms with Crippen molar-refractivity contribution in [2.75, 3.05) is 5.73 Å². The van der Waals surface area contributed by atoms with Gasteiger partial charge in [-0.05, 0) is 34.2 Å². The summed E-state index contributed by atoms with van der Waals surface area (Å²) in [5, 5.41) is 21.3. The van der Waals surface area contributed by atoms with Gasteiger partial charge in [0.05, 0.1) is 6.21 Å². The third-order valence-corrected chi connectivity index (χ3v) is 4.83. The first kappa shape index (κ1) is 17.5. The van der Waals surface area contributed by atoms with E-state index in [1.54, 1.807) is 6.21 Å². The Labute approximate surface area is 162 Å². The van der Waals surface area contributed by atoms with Crippen molar-refractivity contribution in [3.63, 3.8) is 0 Å². The number of nitrogens with one attached hydrogen (secondary N) is 1. The third kappa shape index (κ3) is 3.25. The van der Waals surface area contributed by atoms with Crippen LogP contribution >= 0.6 is 11.3 Å². The second-order valence-electron chi connectivity index (χ2n) is 5.70. The van der Waals surface area contributed by atoms with Crippen LogP contribution in [0.4, 0.5) is 5.82 Å². The minimum absolute atomic E-state index is 0.0173. The maximum absolute atomic E-state index is 12.9. The monoisotopic (exact) mass is 394 g/mol. The zero-order valence-electron chi connectivity index (χ0n) is 14.6. The fourth-order valence-electron chi connectivity index (χ4n) is 2.48. The number of nitrogen functional groups attached to an aromatic ring is 1. The van der Waals surface area contributed by atoms with Crippen LogP contribution in [0.25, 0.3) is 17.1 Å². The van der Waals surface area contributed by atoms with Crippen LogP contribution in [0.1, 0.15) is 20.9 Å². The minimum atomic E-state index is -0.531. The Morgan fingerprint density at radius 1 is 1.29 bits per heavy atom. The Kier molecular flexibility index (Phi) is 4.64. The number of benzene rings is 1. The molecule has 0 saturated heterocycles. The van der Waals surface area contributed by atoms with Crippen molar-refractivity contribution in [1.82, 2.24) is 30.7 Å². The highest BCUT2D eigenvalue weighted by Crippen LogP contribution is 2.24. The molecule has 4 aromatic rings. The van der Waals surface area contributed by atoms with Gasteiger partial charge in [-0.2, -0.15) is 9.78 Å². The molecule has 3 heterocycles. The van der Waals surface area contributed by atoms with Crippen LogP contribution in [0.3, 0.4) is 0 Å². The number of amides is 1. The average molecular weight is 394 g/mol. The number of hydrogen-bond donors (Lipinski definition) is 2. The molecule has 28 heavy (non-hydrogen) atoms. The van der Waals surface area contributed by atoms with Crippen molar-refractivity contribution < 1.29 is 9.42 Å². The van der Waals surface area contributed by atoms with Crippen molar-refractivity contribution in [2.24, 2.45) is 5.10 Å². The molecule has 0 aliphatic carbocycles. The van der Waals surface area contributed by atoms with Gasteiger partial charge >= 0.3 is 0 Å². The lowest BCUT2D eigenvalue weighted by Gasteiger charge is -2.04. The standard InChI is InChI=1S/C17H14N8O2S/c1-10-7-8-28-12(10)9-19-21-17(26)14-13(11-5-3-2-4-6-11)20-24-25(14)16-15(18)22-27-23-16/h2-9H,1H3,(H2,18,22)(H,21,26)/b19-9+. The Balaban J connectivity index is 1.72. The molecule has 0 saturated carbocycles. The maximum atomic E-state index is 12.9. The van der Waals surface area contributed by atoms with Crippen LogP contribution in [-0.4, -0.2) is 37.4 Å². The molecule has 3 aromatic heterocycles. The van der Waals surface area contributed by atoms with Crippen molar-refractivity contribution in [3.05, 3.63) is 57.9 Å². The van der Waals surface area contributed by atoms with E-state index < -0.39 is 5.91 Å². The number of hydrazone groups is 1. The summed E-state index contributed by atoms with van der Waals surface area (Å²) in [5.41, 5.74) is 10.5. The van der Waals surface area contributed by atoms with E-state index in [0.717, 1.165) is 10.4 Å². The topological polar surface area (TPSA) is 137 Å². The lowest BCUT2D eigenvalue weighted by molar-refractivity contribution is 0.0948. The Morgan fingerprint density at radius 2 is 2.11 bits per heavy atom. The van der Waals surface area contributed by atoms with Crippen molar-refractivity contribution >= 4 is 29.3 Å². The van der Waals surface area contributed by atoms with Gasteiger partial charge in [0.15, 0.2) is 5.69 Å². The SMILES string of the molecule is Cc1ccsc1/C=N/NC(=O)c1c(-c2ccccc2)nnn1-c1nonc1N. The number of rotatable bonds is 5. The molecule has 11 heteroatoms. The van der Waals surface area contributed by atoms with Crippen LogP contribution in [0.2, 0.25) is 0 Å². The first-order chi connectivity index (χ1) is 13.6. The van der Waals surface area contributed by atoms with Gasteiger partial charge in [0.25, 0.3) is 5.91 Å². The van der Waals surface area contributed by atoms with E-state index in [2.05, 4.69) is 35.8 Å². The first-order valence-corrected chi connectivity index (χ1v) is 9.00.